The summed E-state index contributed by atoms with van der Waals surface area (Å²) in [4.78, 5) is 16.9. The van der Waals surface area contributed by atoms with Gasteiger partial charge in [-0.3, -0.25) is 9.78 Å². The number of anilines is 1. The molecule has 2 aromatic carbocycles. The lowest BCUT2D eigenvalue weighted by Crippen LogP contribution is -2.18. The Kier molecular flexibility index (Phi) is 5.64. The molecule has 1 amide bonds. The van der Waals surface area contributed by atoms with Crippen molar-refractivity contribution in [2.45, 2.75) is 19.3 Å². The first kappa shape index (κ1) is 20.1. The standard InChI is InChI=1S/C23H17ClN4O/c1-23(2,14-26)21-11-16(8-9-27-21)22(29)28-19-7-6-17(13-25)20(12-19)15-4-3-5-18(24)10-15/h3-12H,1-2H3,(H,28,29). The molecule has 0 bridgehead atoms. The monoisotopic (exact) mass is 400 g/mol. The zero-order valence-electron chi connectivity index (χ0n) is 15.9. The summed E-state index contributed by atoms with van der Waals surface area (Å²) in [6.07, 6.45) is 1.51. The Morgan fingerprint density at radius 1 is 1.10 bits per heavy atom. The molecule has 0 fully saturated rings. The zero-order valence-corrected chi connectivity index (χ0v) is 16.7. The molecule has 0 aliphatic carbocycles. The zero-order chi connectivity index (χ0) is 21.0. The molecule has 0 aliphatic rings. The predicted molar refractivity (Wildman–Crippen MR) is 112 cm³/mol. The van der Waals surface area contributed by atoms with Gasteiger partial charge in [0.05, 0.1) is 28.8 Å². The second-order valence-electron chi connectivity index (χ2n) is 7.00. The Morgan fingerprint density at radius 2 is 1.90 bits per heavy atom. The van der Waals surface area contributed by atoms with Gasteiger partial charge in [0.1, 0.15) is 0 Å². The number of rotatable bonds is 4. The van der Waals surface area contributed by atoms with Crippen LogP contribution in [-0.2, 0) is 5.41 Å². The van der Waals surface area contributed by atoms with Crippen LogP contribution >= 0.6 is 11.6 Å². The van der Waals surface area contributed by atoms with Crippen molar-refractivity contribution in [1.29, 1.82) is 10.5 Å². The van der Waals surface area contributed by atoms with E-state index < -0.39 is 5.41 Å². The van der Waals surface area contributed by atoms with Gasteiger partial charge >= 0.3 is 0 Å². The molecule has 1 heterocycles. The van der Waals surface area contributed by atoms with Crippen molar-refractivity contribution >= 4 is 23.2 Å². The van der Waals surface area contributed by atoms with Gasteiger partial charge in [-0.05, 0) is 61.9 Å². The molecule has 29 heavy (non-hydrogen) atoms. The largest absolute Gasteiger partial charge is 0.322 e. The predicted octanol–water partition coefficient (Wildman–Crippen LogP) is 5.33. The lowest BCUT2D eigenvalue weighted by atomic mass is 9.90. The normalized spacial score (nSPS) is 10.7. The second-order valence-corrected chi connectivity index (χ2v) is 7.44. The van der Waals surface area contributed by atoms with Gasteiger partial charge in [0.25, 0.3) is 5.91 Å². The molecule has 5 nitrogen and oxygen atoms in total. The molecular formula is C23H17ClN4O. The third kappa shape index (κ3) is 4.43. The molecule has 3 rings (SSSR count). The highest BCUT2D eigenvalue weighted by molar-refractivity contribution is 6.30. The highest BCUT2D eigenvalue weighted by Crippen LogP contribution is 2.29. The maximum absolute atomic E-state index is 12.7. The number of pyridine rings is 1. The number of hydrogen-bond acceptors (Lipinski definition) is 4. The Labute approximate surface area is 174 Å². The van der Waals surface area contributed by atoms with Gasteiger partial charge in [0, 0.05) is 28.0 Å². The van der Waals surface area contributed by atoms with Crippen molar-refractivity contribution in [2.75, 3.05) is 5.32 Å². The molecule has 0 saturated heterocycles. The van der Waals surface area contributed by atoms with Gasteiger partial charge in [-0.15, -0.1) is 0 Å². The Hall–Kier alpha value is -3.67. The third-order valence-electron chi connectivity index (χ3n) is 4.48. The van der Waals surface area contributed by atoms with Crippen LogP contribution in [0.4, 0.5) is 5.69 Å². The minimum absolute atomic E-state index is 0.329. The van der Waals surface area contributed by atoms with E-state index in [9.17, 15) is 15.3 Å². The number of nitriles is 2. The van der Waals surface area contributed by atoms with Gasteiger partial charge in [0.2, 0.25) is 0 Å². The molecule has 1 aromatic heterocycles. The molecule has 0 unspecified atom stereocenters. The maximum Gasteiger partial charge on any atom is 0.255 e. The molecule has 0 radical (unpaired) electrons. The number of amides is 1. The van der Waals surface area contributed by atoms with Crippen molar-refractivity contribution in [3.05, 3.63) is 82.6 Å². The summed E-state index contributed by atoms with van der Waals surface area (Å²) in [5.41, 5.74) is 2.60. The number of hydrogen-bond donors (Lipinski definition) is 1. The summed E-state index contributed by atoms with van der Waals surface area (Å²) in [6, 6.07) is 19.8. The van der Waals surface area contributed by atoms with Gasteiger partial charge in [0.15, 0.2) is 0 Å². The van der Waals surface area contributed by atoms with Crippen LogP contribution < -0.4 is 5.32 Å². The topological polar surface area (TPSA) is 89.6 Å². The SMILES string of the molecule is CC(C)(C#N)c1cc(C(=O)Nc2ccc(C#N)c(-c3cccc(Cl)c3)c2)ccn1. The smallest absolute Gasteiger partial charge is 0.255 e. The number of aromatic nitrogens is 1. The minimum Gasteiger partial charge on any atom is -0.322 e. The molecule has 142 valence electrons. The van der Waals surface area contributed by atoms with Crippen molar-refractivity contribution in [3.8, 4) is 23.3 Å². The molecule has 6 heteroatoms. The number of benzene rings is 2. The van der Waals surface area contributed by atoms with E-state index >= 15 is 0 Å². The van der Waals surface area contributed by atoms with Crippen molar-refractivity contribution in [3.63, 3.8) is 0 Å². The van der Waals surface area contributed by atoms with Crippen molar-refractivity contribution < 1.29 is 4.79 Å². The van der Waals surface area contributed by atoms with E-state index in [1.807, 2.05) is 6.07 Å². The number of nitrogens with one attached hydrogen (secondary N) is 1. The average molecular weight is 401 g/mol. The lowest BCUT2D eigenvalue weighted by molar-refractivity contribution is 0.102. The fraction of sp³-hybridized carbons (Fsp3) is 0.130. The number of carbonyl (C=O) groups excluding carboxylic acids is 1. The summed E-state index contributed by atoms with van der Waals surface area (Å²) in [7, 11) is 0. The van der Waals surface area contributed by atoms with E-state index in [0.717, 1.165) is 5.56 Å². The average Bonchev–Trinajstić information content (AvgIpc) is 2.73. The summed E-state index contributed by atoms with van der Waals surface area (Å²) < 4.78 is 0. The molecule has 0 spiro atoms. The van der Waals surface area contributed by atoms with E-state index in [4.69, 9.17) is 11.6 Å². The van der Waals surface area contributed by atoms with Crippen molar-refractivity contribution in [1.82, 2.24) is 4.98 Å². The van der Waals surface area contributed by atoms with Crippen LogP contribution in [0.5, 0.6) is 0 Å². The summed E-state index contributed by atoms with van der Waals surface area (Å²) in [5.74, 6) is -0.329. The van der Waals surface area contributed by atoms with Crippen LogP contribution in [0.3, 0.4) is 0 Å². The van der Waals surface area contributed by atoms with Crippen LogP contribution in [-0.4, -0.2) is 10.9 Å². The lowest BCUT2D eigenvalue weighted by Gasteiger charge is -2.15. The fourth-order valence-corrected chi connectivity index (χ4v) is 2.98. The van der Waals surface area contributed by atoms with E-state index in [1.54, 1.807) is 62.4 Å². The third-order valence-corrected chi connectivity index (χ3v) is 4.71. The second kappa shape index (κ2) is 8.14. The summed E-state index contributed by atoms with van der Waals surface area (Å²) >= 11 is 6.08. The Morgan fingerprint density at radius 3 is 2.59 bits per heavy atom. The summed E-state index contributed by atoms with van der Waals surface area (Å²) in [5, 5.41) is 22.1. The molecule has 0 saturated carbocycles. The van der Waals surface area contributed by atoms with Gasteiger partial charge in [-0.2, -0.15) is 10.5 Å². The van der Waals surface area contributed by atoms with Crippen LogP contribution in [0.1, 0.15) is 35.5 Å². The number of nitrogens with zero attached hydrogens (tertiary/aromatic N) is 3. The van der Waals surface area contributed by atoms with E-state index in [1.165, 1.54) is 6.20 Å². The first-order chi connectivity index (χ1) is 13.8. The quantitative estimate of drug-likeness (QED) is 0.641. The molecule has 1 N–H and O–H groups in total. The van der Waals surface area contributed by atoms with Gasteiger partial charge in [-0.25, -0.2) is 0 Å². The first-order valence-electron chi connectivity index (χ1n) is 8.83. The summed E-state index contributed by atoms with van der Waals surface area (Å²) in [6.45, 7) is 3.49. The molecule has 0 aliphatic heterocycles. The van der Waals surface area contributed by atoms with Crippen molar-refractivity contribution in [2.24, 2.45) is 0 Å². The van der Waals surface area contributed by atoms with E-state index in [2.05, 4.69) is 22.4 Å². The van der Waals surface area contributed by atoms with E-state index in [0.29, 0.717) is 33.1 Å². The minimum atomic E-state index is -0.801. The highest BCUT2D eigenvalue weighted by Gasteiger charge is 2.22. The Balaban J connectivity index is 1.93. The molecule has 0 atom stereocenters. The number of halogens is 1. The van der Waals surface area contributed by atoms with Crippen LogP contribution in [0, 0.1) is 22.7 Å². The van der Waals surface area contributed by atoms with Crippen LogP contribution in [0.2, 0.25) is 5.02 Å². The Bertz CT molecular complexity index is 1170. The molecule has 3 aromatic rings. The van der Waals surface area contributed by atoms with Crippen LogP contribution in [0.15, 0.2) is 60.8 Å². The maximum atomic E-state index is 12.7. The van der Waals surface area contributed by atoms with Gasteiger partial charge < -0.3 is 5.32 Å². The van der Waals surface area contributed by atoms with Gasteiger partial charge in [-0.1, -0.05) is 23.7 Å². The van der Waals surface area contributed by atoms with E-state index in [-0.39, 0.29) is 5.91 Å². The molecular weight excluding hydrogens is 384 g/mol. The fourth-order valence-electron chi connectivity index (χ4n) is 2.79. The number of carbonyl (C=O) groups is 1. The van der Waals surface area contributed by atoms with Crippen LogP contribution in [0.25, 0.3) is 11.1 Å². The highest BCUT2D eigenvalue weighted by atomic mass is 35.5. The first-order valence-corrected chi connectivity index (χ1v) is 9.21.